The summed E-state index contributed by atoms with van der Waals surface area (Å²) in [6.07, 6.45) is -0.932. The maximum Gasteiger partial charge on any atom is 0.269 e. The molecule has 0 aliphatic carbocycles. The minimum atomic E-state index is -4.08. The number of amides is 2. The molecule has 0 spiro atoms. The average molecular weight is 473 g/mol. The second-order valence-electron chi connectivity index (χ2n) is 5.97. The Kier molecular flexibility index (Phi) is 6.20. The van der Waals surface area contributed by atoms with E-state index in [2.05, 4.69) is 5.32 Å². The molecule has 2 heterocycles. The molecule has 0 saturated carbocycles. The van der Waals surface area contributed by atoms with Gasteiger partial charge in [-0.05, 0) is 12.1 Å². The fraction of sp³-hybridized carbons (Fsp3) is 0.467. The van der Waals surface area contributed by atoms with Crippen molar-refractivity contribution in [3.8, 4) is 0 Å². The second-order valence-corrected chi connectivity index (χ2v) is 11.4. The average Bonchev–Trinajstić information content (AvgIpc) is 2.81. The smallest absolute Gasteiger partial charge is 0.269 e. The Bertz CT molecular complexity index is 854. The van der Waals surface area contributed by atoms with E-state index in [0.717, 1.165) is 11.5 Å². The zero-order valence-electron chi connectivity index (χ0n) is 13.9. The van der Waals surface area contributed by atoms with Crippen LogP contribution < -0.4 is 5.32 Å². The predicted molar refractivity (Wildman–Crippen MR) is 106 cm³/mol. The Labute approximate surface area is 176 Å². The van der Waals surface area contributed by atoms with Crippen LogP contribution in [0.5, 0.6) is 0 Å². The van der Waals surface area contributed by atoms with Crippen LogP contribution in [0.3, 0.4) is 0 Å². The van der Waals surface area contributed by atoms with Crippen LogP contribution in [0.1, 0.15) is 10.4 Å². The van der Waals surface area contributed by atoms with E-state index >= 15 is 0 Å². The van der Waals surface area contributed by atoms with Crippen LogP contribution in [0, 0.1) is 0 Å². The van der Waals surface area contributed by atoms with Crippen LogP contribution in [-0.4, -0.2) is 70.5 Å². The number of thioether (sulfide) groups is 1. The second kappa shape index (κ2) is 7.96. The molecule has 0 radical (unpaired) electrons. The number of fused-ring (bicyclic) bond motifs is 1. The van der Waals surface area contributed by atoms with Crippen molar-refractivity contribution < 1.29 is 18.0 Å². The van der Waals surface area contributed by atoms with Gasteiger partial charge in [0.1, 0.15) is 17.6 Å². The minimum absolute atomic E-state index is 0.0382. The van der Waals surface area contributed by atoms with Gasteiger partial charge in [0.15, 0.2) is 0 Å². The highest BCUT2D eigenvalue weighted by Gasteiger charge is 2.43. The molecule has 1 fully saturated rings. The van der Waals surface area contributed by atoms with Crippen LogP contribution in [0.4, 0.5) is 0 Å². The fourth-order valence-electron chi connectivity index (χ4n) is 2.93. The number of sulfonamides is 1. The lowest BCUT2D eigenvalue weighted by Gasteiger charge is -2.38. The first-order chi connectivity index (χ1) is 12.6. The standard InChI is InChI=1S/C15H16Cl3N3O4S2/c16-15(17,18)14(20-5-7-26-8-6-20)19-12(22)9-21-13(23)10-3-1-2-4-11(10)27(21,24)25/h1-4,14H,5-9H2,(H,19,22)/t14-/m1/s1. The van der Waals surface area contributed by atoms with Gasteiger partial charge in [0.05, 0.1) is 5.56 Å². The topological polar surface area (TPSA) is 86.8 Å². The van der Waals surface area contributed by atoms with Gasteiger partial charge in [0.2, 0.25) is 9.70 Å². The number of halogens is 3. The molecule has 1 atom stereocenters. The van der Waals surface area contributed by atoms with Gasteiger partial charge in [-0.2, -0.15) is 11.8 Å². The van der Waals surface area contributed by atoms with Crippen LogP contribution in [0.2, 0.25) is 0 Å². The van der Waals surface area contributed by atoms with E-state index in [9.17, 15) is 18.0 Å². The highest BCUT2D eigenvalue weighted by atomic mass is 35.6. The first-order valence-electron chi connectivity index (χ1n) is 7.96. The lowest BCUT2D eigenvalue weighted by molar-refractivity contribution is -0.123. The van der Waals surface area contributed by atoms with Crippen molar-refractivity contribution in [1.29, 1.82) is 0 Å². The number of hydrogen-bond donors (Lipinski definition) is 1. The minimum Gasteiger partial charge on any atom is -0.335 e. The Hall–Kier alpha value is -0.710. The molecule has 1 saturated heterocycles. The quantitative estimate of drug-likeness (QED) is 0.671. The van der Waals surface area contributed by atoms with Gasteiger partial charge in [-0.15, -0.1) is 0 Å². The molecule has 12 heteroatoms. The van der Waals surface area contributed by atoms with Crippen molar-refractivity contribution in [3.05, 3.63) is 29.8 Å². The molecule has 2 aliphatic rings. The molecule has 1 aromatic rings. The normalized spacial score (nSPS) is 21.0. The monoisotopic (exact) mass is 471 g/mol. The molecule has 1 aromatic carbocycles. The van der Waals surface area contributed by atoms with E-state index in [1.807, 2.05) is 4.90 Å². The zero-order valence-corrected chi connectivity index (χ0v) is 17.8. The van der Waals surface area contributed by atoms with Crippen LogP contribution in [-0.2, 0) is 14.8 Å². The van der Waals surface area contributed by atoms with Crippen LogP contribution in [0.15, 0.2) is 29.2 Å². The van der Waals surface area contributed by atoms with Crippen LogP contribution >= 0.6 is 46.6 Å². The Balaban J connectivity index is 1.76. The van der Waals surface area contributed by atoms with Gasteiger partial charge in [0, 0.05) is 24.6 Å². The number of nitrogens with one attached hydrogen (secondary N) is 1. The summed E-state index contributed by atoms with van der Waals surface area (Å²) in [7, 11) is -4.08. The van der Waals surface area contributed by atoms with Gasteiger partial charge in [-0.1, -0.05) is 46.9 Å². The summed E-state index contributed by atoms with van der Waals surface area (Å²) in [5.74, 6) is 0.165. The van der Waals surface area contributed by atoms with E-state index < -0.39 is 38.3 Å². The Morgan fingerprint density at radius 1 is 1.22 bits per heavy atom. The molecule has 2 amide bonds. The van der Waals surface area contributed by atoms with Crippen molar-refractivity contribution in [2.24, 2.45) is 0 Å². The molecule has 0 aromatic heterocycles. The molecule has 0 bridgehead atoms. The molecule has 2 aliphatic heterocycles. The van der Waals surface area contributed by atoms with Gasteiger partial charge < -0.3 is 5.32 Å². The summed E-state index contributed by atoms with van der Waals surface area (Å²) in [5.41, 5.74) is 0.0382. The number of hydrogen-bond acceptors (Lipinski definition) is 6. The van der Waals surface area contributed by atoms with E-state index in [-0.39, 0.29) is 10.5 Å². The van der Waals surface area contributed by atoms with Gasteiger partial charge in [0.25, 0.3) is 15.9 Å². The van der Waals surface area contributed by atoms with E-state index in [1.54, 1.807) is 17.8 Å². The number of alkyl halides is 3. The van der Waals surface area contributed by atoms with Gasteiger partial charge >= 0.3 is 0 Å². The van der Waals surface area contributed by atoms with Gasteiger partial charge in [-0.25, -0.2) is 12.7 Å². The lowest BCUT2D eigenvalue weighted by Crippen LogP contribution is -2.59. The molecular formula is C15H16Cl3N3O4S2. The van der Waals surface area contributed by atoms with Crippen molar-refractivity contribution in [2.75, 3.05) is 31.1 Å². The van der Waals surface area contributed by atoms with Crippen molar-refractivity contribution >= 4 is 68.4 Å². The molecule has 0 unspecified atom stereocenters. The highest BCUT2D eigenvalue weighted by molar-refractivity contribution is 7.99. The number of rotatable bonds is 4. The molecule has 1 N–H and O–H groups in total. The number of carbonyl (C=O) groups is 2. The molecule has 3 rings (SSSR count). The van der Waals surface area contributed by atoms with Crippen molar-refractivity contribution in [3.63, 3.8) is 0 Å². The number of carbonyl (C=O) groups excluding carboxylic acids is 2. The summed E-state index contributed by atoms with van der Waals surface area (Å²) < 4.78 is 23.8. The van der Waals surface area contributed by atoms with Crippen molar-refractivity contribution in [2.45, 2.75) is 14.9 Å². The SMILES string of the molecule is O=C(CN1C(=O)c2ccccc2S1(=O)=O)N[C@H](N1CCSCC1)C(Cl)(Cl)Cl. The summed E-state index contributed by atoms with van der Waals surface area (Å²) in [4.78, 5) is 26.6. The highest BCUT2D eigenvalue weighted by Crippen LogP contribution is 2.34. The number of benzene rings is 1. The van der Waals surface area contributed by atoms with E-state index in [0.29, 0.717) is 17.4 Å². The maximum absolute atomic E-state index is 12.5. The Morgan fingerprint density at radius 3 is 2.44 bits per heavy atom. The first-order valence-corrected chi connectivity index (χ1v) is 11.7. The fourth-order valence-corrected chi connectivity index (χ4v) is 5.97. The third-order valence-corrected chi connectivity index (χ3v) is 7.57. The van der Waals surface area contributed by atoms with Gasteiger partial charge in [-0.3, -0.25) is 14.5 Å². The van der Waals surface area contributed by atoms with E-state index in [1.165, 1.54) is 18.2 Å². The van der Waals surface area contributed by atoms with Crippen molar-refractivity contribution in [1.82, 2.24) is 14.5 Å². The lowest BCUT2D eigenvalue weighted by atomic mass is 10.2. The maximum atomic E-state index is 12.5. The molecule has 148 valence electrons. The predicted octanol–water partition coefficient (Wildman–Crippen LogP) is 1.69. The molecular weight excluding hydrogens is 457 g/mol. The Morgan fingerprint density at radius 2 is 1.85 bits per heavy atom. The molecule has 7 nitrogen and oxygen atoms in total. The third-order valence-electron chi connectivity index (χ3n) is 4.22. The summed E-state index contributed by atoms with van der Waals surface area (Å²) in [6, 6.07) is 5.81. The van der Waals surface area contributed by atoms with Crippen LogP contribution in [0.25, 0.3) is 0 Å². The zero-order chi connectivity index (χ0) is 19.8. The molecule has 27 heavy (non-hydrogen) atoms. The summed E-state index contributed by atoms with van der Waals surface area (Å²) in [6.45, 7) is 0.529. The van der Waals surface area contributed by atoms with E-state index in [4.69, 9.17) is 34.8 Å². The summed E-state index contributed by atoms with van der Waals surface area (Å²) in [5, 5.41) is 2.56. The first kappa shape index (κ1) is 21.0. The third kappa shape index (κ3) is 4.33. The largest absolute Gasteiger partial charge is 0.335 e. The number of nitrogens with zero attached hydrogens (tertiary/aromatic N) is 2. The summed E-state index contributed by atoms with van der Waals surface area (Å²) >= 11 is 19.8.